The molecule has 1 N–H and O–H groups in total. The fourth-order valence-electron chi connectivity index (χ4n) is 3.01. The van der Waals surface area contributed by atoms with Crippen LogP contribution >= 0.6 is 0 Å². The van der Waals surface area contributed by atoms with E-state index in [-0.39, 0.29) is 11.9 Å². The lowest BCUT2D eigenvalue weighted by atomic mass is 10.1. The van der Waals surface area contributed by atoms with Gasteiger partial charge in [0.2, 0.25) is 5.91 Å². The maximum Gasteiger partial charge on any atom is 0.234 e. The Morgan fingerprint density at radius 3 is 2.86 bits per heavy atom. The second-order valence-corrected chi connectivity index (χ2v) is 5.93. The molecule has 2 aliphatic heterocycles. The molecule has 3 rings (SSSR count). The van der Waals surface area contributed by atoms with Gasteiger partial charge in [0.05, 0.1) is 19.2 Å². The van der Waals surface area contributed by atoms with Crippen LogP contribution in [0.5, 0.6) is 0 Å². The van der Waals surface area contributed by atoms with Gasteiger partial charge in [-0.25, -0.2) is 4.98 Å². The first-order valence-corrected chi connectivity index (χ1v) is 8.07. The third kappa shape index (κ3) is 4.18. The van der Waals surface area contributed by atoms with Crippen LogP contribution in [0, 0.1) is 0 Å². The molecule has 3 heterocycles. The van der Waals surface area contributed by atoms with Gasteiger partial charge in [-0.1, -0.05) is 6.07 Å². The molecule has 0 aliphatic carbocycles. The Labute approximate surface area is 131 Å². The molecular weight excluding hydrogens is 280 g/mol. The average molecular weight is 304 g/mol. The molecule has 1 amide bonds. The van der Waals surface area contributed by atoms with Gasteiger partial charge in [-0.15, -0.1) is 0 Å². The largest absolute Gasteiger partial charge is 0.379 e. The predicted octanol–water partition coefficient (Wildman–Crippen LogP) is 0.499. The summed E-state index contributed by atoms with van der Waals surface area (Å²) < 4.78 is 5.39. The summed E-state index contributed by atoms with van der Waals surface area (Å²) >= 11 is 0. The molecule has 22 heavy (non-hydrogen) atoms. The molecule has 0 spiro atoms. The summed E-state index contributed by atoms with van der Waals surface area (Å²) in [5.74, 6) is 1.13. The molecule has 0 unspecified atom stereocenters. The Hall–Kier alpha value is -1.66. The van der Waals surface area contributed by atoms with Gasteiger partial charge in [0.25, 0.3) is 0 Å². The minimum atomic E-state index is 0.113. The number of piperazine rings is 1. The number of rotatable bonds is 4. The van der Waals surface area contributed by atoms with Crippen molar-refractivity contribution < 1.29 is 9.53 Å². The topological polar surface area (TPSA) is 57.7 Å². The monoisotopic (exact) mass is 304 g/mol. The lowest BCUT2D eigenvalue weighted by Crippen LogP contribution is -2.51. The number of anilines is 1. The standard InChI is InChI=1S/C16H24N4O2/c21-16(18-14-4-3-11-22-13-14)12-19-7-9-20(10-8-19)15-5-1-2-6-17-15/h1-2,5-6,14H,3-4,7-13H2,(H,18,21)/t14-/m0/s1. The van der Waals surface area contributed by atoms with E-state index in [0.29, 0.717) is 13.2 Å². The smallest absolute Gasteiger partial charge is 0.234 e. The van der Waals surface area contributed by atoms with Crippen LogP contribution in [0.3, 0.4) is 0 Å². The van der Waals surface area contributed by atoms with Gasteiger partial charge in [0.15, 0.2) is 0 Å². The Balaban J connectivity index is 1.41. The molecule has 0 radical (unpaired) electrons. The van der Waals surface area contributed by atoms with Crippen LogP contribution in [-0.4, -0.2) is 67.8 Å². The first-order valence-electron chi connectivity index (χ1n) is 8.07. The first kappa shape index (κ1) is 15.2. The van der Waals surface area contributed by atoms with E-state index < -0.39 is 0 Å². The summed E-state index contributed by atoms with van der Waals surface area (Å²) in [4.78, 5) is 21.0. The highest BCUT2D eigenvalue weighted by Gasteiger charge is 2.21. The summed E-state index contributed by atoms with van der Waals surface area (Å²) in [7, 11) is 0. The molecular formula is C16H24N4O2. The Morgan fingerprint density at radius 2 is 2.18 bits per heavy atom. The zero-order chi connectivity index (χ0) is 15.2. The van der Waals surface area contributed by atoms with Gasteiger partial charge in [-0.3, -0.25) is 9.69 Å². The third-order valence-corrected chi connectivity index (χ3v) is 4.24. The van der Waals surface area contributed by atoms with Crippen molar-refractivity contribution in [3.63, 3.8) is 0 Å². The quantitative estimate of drug-likeness (QED) is 0.878. The van der Waals surface area contributed by atoms with Crippen molar-refractivity contribution in [2.24, 2.45) is 0 Å². The van der Waals surface area contributed by atoms with Crippen molar-refractivity contribution in [3.05, 3.63) is 24.4 Å². The second kappa shape index (κ2) is 7.56. The minimum absolute atomic E-state index is 0.113. The zero-order valence-corrected chi connectivity index (χ0v) is 12.9. The Kier molecular flexibility index (Phi) is 5.24. The number of ether oxygens (including phenoxy) is 1. The first-order chi connectivity index (χ1) is 10.8. The molecule has 2 fully saturated rings. The van der Waals surface area contributed by atoms with E-state index in [4.69, 9.17) is 4.74 Å². The highest BCUT2D eigenvalue weighted by atomic mass is 16.5. The molecule has 2 aliphatic rings. The van der Waals surface area contributed by atoms with Crippen molar-refractivity contribution in [3.8, 4) is 0 Å². The van der Waals surface area contributed by atoms with Crippen LogP contribution < -0.4 is 10.2 Å². The van der Waals surface area contributed by atoms with Crippen LogP contribution in [-0.2, 0) is 9.53 Å². The fourth-order valence-corrected chi connectivity index (χ4v) is 3.01. The molecule has 1 aromatic rings. The molecule has 0 saturated carbocycles. The van der Waals surface area contributed by atoms with Gasteiger partial charge in [-0.05, 0) is 25.0 Å². The van der Waals surface area contributed by atoms with Gasteiger partial charge < -0.3 is 15.0 Å². The molecule has 1 aromatic heterocycles. The summed E-state index contributed by atoms with van der Waals surface area (Å²) in [6.45, 7) is 5.57. The number of nitrogens with one attached hydrogen (secondary N) is 1. The maximum absolute atomic E-state index is 12.1. The van der Waals surface area contributed by atoms with E-state index in [9.17, 15) is 4.79 Å². The third-order valence-electron chi connectivity index (χ3n) is 4.24. The van der Waals surface area contributed by atoms with Crippen molar-refractivity contribution in [1.29, 1.82) is 0 Å². The molecule has 6 heteroatoms. The maximum atomic E-state index is 12.1. The van der Waals surface area contributed by atoms with Crippen LogP contribution in [0.4, 0.5) is 5.82 Å². The van der Waals surface area contributed by atoms with Crippen LogP contribution in [0.25, 0.3) is 0 Å². The number of hydrogen-bond acceptors (Lipinski definition) is 5. The fraction of sp³-hybridized carbons (Fsp3) is 0.625. The van der Waals surface area contributed by atoms with Crippen molar-refractivity contribution in [2.75, 3.05) is 50.8 Å². The molecule has 0 aromatic carbocycles. The number of aromatic nitrogens is 1. The number of hydrogen-bond donors (Lipinski definition) is 1. The Bertz CT molecular complexity index is 468. The minimum Gasteiger partial charge on any atom is -0.379 e. The van der Waals surface area contributed by atoms with E-state index in [0.717, 1.165) is 51.4 Å². The summed E-state index contributed by atoms with van der Waals surface area (Å²) in [6, 6.07) is 6.16. The van der Waals surface area contributed by atoms with Gasteiger partial charge in [0.1, 0.15) is 5.82 Å². The Morgan fingerprint density at radius 1 is 1.32 bits per heavy atom. The van der Waals surface area contributed by atoms with E-state index in [1.54, 1.807) is 0 Å². The number of carbonyl (C=O) groups is 1. The van der Waals surface area contributed by atoms with E-state index in [2.05, 4.69) is 20.1 Å². The number of carbonyl (C=O) groups excluding carboxylic acids is 1. The lowest BCUT2D eigenvalue weighted by Gasteiger charge is -2.35. The predicted molar refractivity (Wildman–Crippen MR) is 84.9 cm³/mol. The van der Waals surface area contributed by atoms with Crippen molar-refractivity contribution in [1.82, 2.24) is 15.2 Å². The lowest BCUT2D eigenvalue weighted by molar-refractivity contribution is -0.124. The normalized spacial score (nSPS) is 23.3. The van der Waals surface area contributed by atoms with E-state index >= 15 is 0 Å². The summed E-state index contributed by atoms with van der Waals surface area (Å²) in [5, 5.41) is 3.08. The highest BCUT2D eigenvalue weighted by molar-refractivity contribution is 5.78. The zero-order valence-electron chi connectivity index (χ0n) is 12.9. The SMILES string of the molecule is O=C(CN1CCN(c2ccccn2)CC1)N[C@H]1CCCOC1. The second-order valence-electron chi connectivity index (χ2n) is 5.93. The van der Waals surface area contributed by atoms with Crippen LogP contribution in [0.1, 0.15) is 12.8 Å². The molecule has 2 saturated heterocycles. The number of amides is 1. The molecule has 1 atom stereocenters. The van der Waals surface area contributed by atoms with Crippen LogP contribution in [0.15, 0.2) is 24.4 Å². The number of nitrogens with zero attached hydrogens (tertiary/aromatic N) is 3. The average Bonchev–Trinajstić information content (AvgIpc) is 2.57. The van der Waals surface area contributed by atoms with Crippen molar-refractivity contribution >= 4 is 11.7 Å². The van der Waals surface area contributed by atoms with Crippen LogP contribution in [0.2, 0.25) is 0 Å². The van der Waals surface area contributed by atoms with Crippen molar-refractivity contribution in [2.45, 2.75) is 18.9 Å². The summed E-state index contributed by atoms with van der Waals surface area (Å²) in [5.41, 5.74) is 0. The molecule has 6 nitrogen and oxygen atoms in total. The van der Waals surface area contributed by atoms with Gasteiger partial charge in [0, 0.05) is 39.0 Å². The van der Waals surface area contributed by atoms with E-state index in [1.807, 2.05) is 24.4 Å². The van der Waals surface area contributed by atoms with Gasteiger partial charge >= 0.3 is 0 Å². The molecule has 120 valence electrons. The molecule has 0 bridgehead atoms. The van der Waals surface area contributed by atoms with E-state index in [1.165, 1.54) is 0 Å². The summed E-state index contributed by atoms with van der Waals surface area (Å²) in [6.07, 6.45) is 3.88. The van der Waals surface area contributed by atoms with Gasteiger partial charge in [-0.2, -0.15) is 0 Å². The number of pyridine rings is 1. The highest BCUT2D eigenvalue weighted by Crippen LogP contribution is 2.12.